The molecule has 3 rings (SSSR count). The molecule has 0 saturated carbocycles. The summed E-state index contributed by atoms with van der Waals surface area (Å²) in [5.74, 6) is -1.85. The van der Waals surface area contributed by atoms with Gasteiger partial charge < -0.3 is 10.6 Å². The number of halogens is 4. The molecule has 2 unspecified atom stereocenters. The van der Waals surface area contributed by atoms with E-state index in [0.29, 0.717) is 11.1 Å². The van der Waals surface area contributed by atoms with Crippen LogP contribution in [0.1, 0.15) is 36.6 Å². The number of carbonyl (C=O) groups is 3. The lowest BCUT2D eigenvalue weighted by atomic mass is 9.92. The summed E-state index contributed by atoms with van der Waals surface area (Å²) >= 11 is 0. The Balaban J connectivity index is 1.66. The predicted octanol–water partition coefficient (Wildman–Crippen LogP) is 3.49. The minimum atomic E-state index is -4.47. The first-order chi connectivity index (χ1) is 14.4. The van der Waals surface area contributed by atoms with Crippen LogP contribution in [-0.2, 0) is 21.3 Å². The maximum absolute atomic E-state index is 13.2. The van der Waals surface area contributed by atoms with Crippen molar-refractivity contribution >= 4 is 17.8 Å². The first-order valence-electron chi connectivity index (χ1n) is 9.28. The fourth-order valence-corrected chi connectivity index (χ4v) is 3.29. The van der Waals surface area contributed by atoms with E-state index >= 15 is 0 Å². The van der Waals surface area contributed by atoms with Gasteiger partial charge in [0.05, 0.1) is 11.6 Å². The van der Waals surface area contributed by atoms with Crippen LogP contribution in [-0.4, -0.2) is 29.3 Å². The summed E-state index contributed by atoms with van der Waals surface area (Å²) in [5, 5.41) is 5.06. The van der Waals surface area contributed by atoms with Gasteiger partial charge in [0.25, 0.3) is 5.91 Å². The number of benzene rings is 2. The molecule has 1 saturated heterocycles. The van der Waals surface area contributed by atoms with Crippen LogP contribution in [0.3, 0.4) is 0 Å². The fraction of sp³-hybridized carbons (Fsp3) is 0.286. The number of amides is 4. The lowest BCUT2D eigenvalue weighted by Crippen LogP contribution is -2.43. The molecule has 2 aromatic rings. The lowest BCUT2D eigenvalue weighted by molar-refractivity contribution is -0.137. The molecule has 1 aliphatic rings. The van der Waals surface area contributed by atoms with E-state index in [1.165, 1.54) is 31.2 Å². The predicted molar refractivity (Wildman–Crippen MR) is 102 cm³/mol. The summed E-state index contributed by atoms with van der Waals surface area (Å²) in [6.45, 7) is 2.44. The van der Waals surface area contributed by atoms with Crippen LogP contribution in [0.4, 0.5) is 22.4 Å². The molecule has 10 heteroatoms. The van der Waals surface area contributed by atoms with E-state index in [4.69, 9.17) is 0 Å². The average Bonchev–Trinajstić information content (AvgIpc) is 2.91. The van der Waals surface area contributed by atoms with E-state index in [1.807, 2.05) is 0 Å². The highest BCUT2D eigenvalue weighted by Crippen LogP contribution is 2.30. The number of alkyl halides is 3. The molecule has 0 radical (unpaired) electrons. The lowest BCUT2D eigenvalue weighted by Gasteiger charge is -2.22. The van der Waals surface area contributed by atoms with E-state index in [2.05, 4.69) is 10.6 Å². The van der Waals surface area contributed by atoms with E-state index in [1.54, 1.807) is 6.92 Å². The van der Waals surface area contributed by atoms with Gasteiger partial charge >= 0.3 is 12.2 Å². The Labute approximate surface area is 175 Å². The largest absolute Gasteiger partial charge is 0.416 e. The molecule has 1 aliphatic heterocycles. The second-order valence-corrected chi connectivity index (χ2v) is 7.36. The molecule has 1 heterocycles. The number of hydrogen-bond acceptors (Lipinski definition) is 3. The number of imide groups is 1. The van der Waals surface area contributed by atoms with E-state index in [9.17, 15) is 31.9 Å². The Bertz CT molecular complexity index is 1010. The SMILES string of the molecule is CC(NC(=O)CN1C(=O)NC(C)(c2ccc(F)cc2)C1=O)c1ccc(C(F)(F)F)cc1. The van der Waals surface area contributed by atoms with Gasteiger partial charge in [0.2, 0.25) is 5.91 Å². The zero-order valence-corrected chi connectivity index (χ0v) is 16.6. The molecule has 0 spiro atoms. The first-order valence-corrected chi connectivity index (χ1v) is 9.28. The van der Waals surface area contributed by atoms with Crippen LogP contribution in [0.25, 0.3) is 0 Å². The van der Waals surface area contributed by atoms with Crippen molar-refractivity contribution in [2.75, 3.05) is 6.54 Å². The number of urea groups is 1. The third-order valence-electron chi connectivity index (χ3n) is 5.11. The minimum Gasteiger partial charge on any atom is -0.348 e. The molecule has 31 heavy (non-hydrogen) atoms. The topological polar surface area (TPSA) is 78.5 Å². The molecule has 164 valence electrons. The van der Waals surface area contributed by atoms with E-state index < -0.39 is 53.5 Å². The second kappa shape index (κ2) is 8.01. The second-order valence-electron chi connectivity index (χ2n) is 7.36. The Morgan fingerprint density at radius 3 is 2.23 bits per heavy atom. The van der Waals surface area contributed by atoms with Crippen molar-refractivity contribution in [1.29, 1.82) is 0 Å². The van der Waals surface area contributed by atoms with Crippen LogP contribution < -0.4 is 10.6 Å². The van der Waals surface area contributed by atoms with Crippen molar-refractivity contribution in [2.45, 2.75) is 31.6 Å². The van der Waals surface area contributed by atoms with Gasteiger partial charge in [-0.2, -0.15) is 13.2 Å². The summed E-state index contributed by atoms with van der Waals surface area (Å²) in [6.07, 6.45) is -4.47. The average molecular weight is 437 g/mol. The van der Waals surface area contributed by atoms with Gasteiger partial charge in [0, 0.05) is 0 Å². The molecule has 2 N–H and O–H groups in total. The highest BCUT2D eigenvalue weighted by Gasteiger charge is 2.49. The third kappa shape index (κ3) is 4.52. The normalized spacial score (nSPS) is 19.9. The van der Waals surface area contributed by atoms with Crippen molar-refractivity contribution in [2.24, 2.45) is 0 Å². The maximum Gasteiger partial charge on any atom is 0.416 e. The van der Waals surface area contributed by atoms with Crippen LogP contribution >= 0.6 is 0 Å². The van der Waals surface area contributed by atoms with Crippen LogP contribution in [0.5, 0.6) is 0 Å². The molecule has 1 fully saturated rings. The van der Waals surface area contributed by atoms with Crippen LogP contribution in [0, 0.1) is 5.82 Å². The summed E-state index contributed by atoms with van der Waals surface area (Å²) in [5.41, 5.74) is -1.48. The molecule has 2 aromatic carbocycles. The summed E-state index contributed by atoms with van der Waals surface area (Å²) in [6, 6.07) is 7.90. The summed E-state index contributed by atoms with van der Waals surface area (Å²) < 4.78 is 51.2. The molecule has 0 aliphatic carbocycles. The molecule has 2 atom stereocenters. The molecular formula is C21H19F4N3O3. The Hall–Kier alpha value is -3.43. The number of carbonyl (C=O) groups excluding carboxylic acids is 3. The Kier molecular flexibility index (Phi) is 5.75. The number of nitrogens with one attached hydrogen (secondary N) is 2. The van der Waals surface area contributed by atoms with Gasteiger partial charge in [0.1, 0.15) is 17.9 Å². The molecule has 0 bridgehead atoms. The van der Waals surface area contributed by atoms with Crippen molar-refractivity contribution in [3.8, 4) is 0 Å². The third-order valence-corrected chi connectivity index (χ3v) is 5.11. The van der Waals surface area contributed by atoms with Crippen molar-refractivity contribution in [3.63, 3.8) is 0 Å². The van der Waals surface area contributed by atoms with E-state index in [-0.39, 0.29) is 0 Å². The zero-order valence-electron chi connectivity index (χ0n) is 16.6. The Morgan fingerprint density at radius 2 is 1.68 bits per heavy atom. The quantitative estimate of drug-likeness (QED) is 0.555. The summed E-state index contributed by atoms with van der Waals surface area (Å²) in [4.78, 5) is 38.2. The molecule has 6 nitrogen and oxygen atoms in total. The van der Waals surface area contributed by atoms with Crippen LogP contribution in [0.15, 0.2) is 48.5 Å². The first kappa shape index (κ1) is 22.3. The molecule has 4 amide bonds. The van der Waals surface area contributed by atoms with Gasteiger partial charge in [-0.25, -0.2) is 9.18 Å². The standard InChI is InChI=1S/C21H19F4N3O3/c1-12(13-3-5-15(6-4-13)21(23,24)25)26-17(29)11-28-18(30)20(2,27-19(28)31)14-7-9-16(22)10-8-14/h3-10,12H,11H2,1-2H3,(H,26,29)(H,27,31). The van der Waals surface area contributed by atoms with Gasteiger partial charge in [-0.15, -0.1) is 0 Å². The number of rotatable bonds is 5. The monoisotopic (exact) mass is 437 g/mol. The van der Waals surface area contributed by atoms with Crippen molar-refractivity contribution in [3.05, 3.63) is 71.0 Å². The highest BCUT2D eigenvalue weighted by molar-refractivity contribution is 6.09. The zero-order chi connectivity index (χ0) is 23.0. The molecular weight excluding hydrogens is 418 g/mol. The van der Waals surface area contributed by atoms with Gasteiger partial charge in [0.15, 0.2) is 0 Å². The van der Waals surface area contributed by atoms with E-state index in [0.717, 1.165) is 29.2 Å². The fourth-order valence-electron chi connectivity index (χ4n) is 3.29. The smallest absolute Gasteiger partial charge is 0.348 e. The number of hydrogen-bond donors (Lipinski definition) is 2. The highest BCUT2D eigenvalue weighted by atomic mass is 19.4. The van der Waals surface area contributed by atoms with Crippen molar-refractivity contribution < 1.29 is 31.9 Å². The Morgan fingerprint density at radius 1 is 1.10 bits per heavy atom. The van der Waals surface area contributed by atoms with Gasteiger partial charge in [-0.3, -0.25) is 14.5 Å². The van der Waals surface area contributed by atoms with Gasteiger partial charge in [-0.05, 0) is 49.2 Å². The summed E-state index contributed by atoms with van der Waals surface area (Å²) in [7, 11) is 0. The van der Waals surface area contributed by atoms with Gasteiger partial charge in [-0.1, -0.05) is 24.3 Å². The minimum absolute atomic E-state index is 0.355. The van der Waals surface area contributed by atoms with Crippen LogP contribution in [0.2, 0.25) is 0 Å². The van der Waals surface area contributed by atoms with Crippen molar-refractivity contribution in [1.82, 2.24) is 15.5 Å². The molecule has 0 aromatic heterocycles. The maximum atomic E-state index is 13.2. The number of nitrogens with zero attached hydrogens (tertiary/aromatic N) is 1.